The van der Waals surface area contributed by atoms with Crippen molar-refractivity contribution in [1.82, 2.24) is 5.32 Å². The third-order valence-electron chi connectivity index (χ3n) is 2.79. The molecule has 0 heterocycles. The number of benzene rings is 2. The Kier molecular flexibility index (Phi) is 4.93. The van der Waals surface area contributed by atoms with Gasteiger partial charge in [0.05, 0.1) is 6.54 Å². The summed E-state index contributed by atoms with van der Waals surface area (Å²) < 4.78 is 5.52. The summed E-state index contributed by atoms with van der Waals surface area (Å²) in [4.78, 5) is 22.1. The second-order valence-corrected chi connectivity index (χ2v) is 4.39. The minimum absolute atomic E-state index is 0.170. The highest BCUT2D eigenvalue weighted by molar-refractivity contribution is 5.84. The Morgan fingerprint density at radius 2 is 1.67 bits per heavy atom. The number of para-hydroxylation sites is 1. The van der Waals surface area contributed by atoms with Crippen LogP contribution in [-0.2, 0) is 9.59 Å². The van der Waals surface area contributed by atoms with Gasteiger partial charge in [0.1, 0.15) is 5.75 Å². The molecule has 5 nitrogen and oxygen atoms in total. The Balaban J connectivity index is 2.04. The molecule has 0 spiro atoms. The van der Waals surface area contributed by atoms with Gasteiger partial charge in [0.2, 0.25) is 5.91 Å². The van der Waals surface area contributed by atoms with Gasteiger partial charge in [-0.15, -0.1) is 0 Å². The molecule has 2 aromatic rings. The zero-order valence-electron chi connectivity index (χ0n) is 11.4. The van der Waals surface area contributed by atoms with Crippen molar-refractivity contribution in [2.45, 2.75) is 0 Å². The summed E-state index contributed by atoms with van der Waals surface area (Å²) in [6, 6.07) is 17.2. The van der Waals surface area contributed by atoms with Gasteiger partial charge in [-0.1, -0.05) is 48.5 Å². The smallest absolute Gasteiger partial charge is 0.258 e. The second kappa shape index (κ2) is 7.09. The molecule has 0 saturated carbocycles. The third-order valence-corrected chi connectivity index (χ3v) is 2.79. The molecular formula is C16H16N2O3. The van der Waals surface area contributed by atoms with E-state index in [9.17, 15) is 9.59 Å². The van der Waals surface area contributed by atoms with Gasteiger partial charge in [-0.25, -0.2) is 0 Å². The number of rotatable bonds is 6. The molecule has 0 aromatic heterocycles. The van der Waals surface area contributed by atoms with Gasteiger partial charge in [0.15, 0.2) is 6.61 Å². The van der Waals surface area contributed by atoms with E-state index >= 15 is 0 Å². The molecule has 0 aliphatic rings. The molecule has 0 aliphatic carbocycles. The molecular weight excluding hydrogens is 268 g/mol. The van der Waals surface area contributed by atoms with Crippen LogP contribution in [0, 0.1) is 0 Å². The number of carbonyl (C=O) groups excluding carboxylic acids is 2. The molecule has 0 fully saturated rings. The van der Waals surface area contributed by atoms with Crippen LogP contribution in [0.2, 0.25) is 0 Å². The van der Waals surface area contributed by atoms with E-state index in [1.165, 1.54) is 0 Å². The maximum Gasteiger partial charge on any atom is 0.258 e. The first-order valence-electron chi connectivity index (χ1n) is 6.49. The van der Waals surface area contributed by atoms with Crippen molar-refractivity contribution >= 4 is 11.8 Å². The lowest BCUT2D eigenvalue weighted by atomic mass is 10.1. The highest BCUT2D eigenvalue weighted by Crippen LogP contribution is 2.29. The minimum Gasteiger partial charge on any atom is -0.483 e. The van der Waals surface area contributed by atoms with Crippen LogP contribution in [0.3, 0.4) is 0 Å². The largest absolute Gasteiger partial charge is 0.483 e. The fourth-order valence-electron chi connectivity index (χ4n) is 1.83. The molecule has 2 aromatic carbocycles. The summed E-state index contributed by atoms with van der Waals surface area (Å²) in [6.45, 7) is -0.361. The van der Waals surface area contributed by atoms with Gasteiger partial charge in [0.25, 0.3) is 5.91 Å². The first-order chi connectivity index (χ1) is 10.2. The number of amides is 2. The third kappa shape index (κ3) is 4.35. The molecule has 0 unspecified atom stereocenters. The van der Waals surface area contributed by atoms with E-state index in [0.29, 0.717) is 5.75 Å². The lowest BCUT2D eigenvalue weighted by molar-refractivity contribution is -0.126. The number of nitrogens with one attached hydrogen (secondary N) is 1. The van der Waals surface area contributed by atoms with Crippen molar-refractivity contribution in [2.24, 2.45) is 5.73 Å². The molecule has 2 rings (SSSR count). The molecule has 0 aliphatic heterocycles. The van der Waals surface area contributed by atoms with E-state index in [0.717, 1.165) is 11.1 Å². The molecule has 0 bridgehead atoms. The van der Waals surface area contributed by atoms with Gasteiger partial charge < -0.3 is 15.8 Å². The van der Waals surface area contributed by atoms with E-state index in [2.05, 4.69) is 5.32 Å². The van der Waals surface area contributed by atoms with Gasteiger partial charge >= 0.3 is 0 Å². The molecule has 0 saturated heterocycles. The molecule has 0 radical (unpaired) electrons. The first-order valence-corrected chi connectivity index (χ1v) is 6.49. The van der Waals surface area contributed by atoms with Crippen molar-refractivity contribution in [1.29, 1.82) is 0 Å². The van der Waals surface area contributed by atoms with E-state index in [-0.39, 0.29) is 13.2 Å². The summed E-state index contributed by atoms with van der Waals surface area (Å²) in [5, 5.41) is 2.37. The van der Waals surface area contributed by atoms with Crippen LogP contribution in [0.4, 0.5) is 0 Å². The quantitative estimate of drug-likeness (QED) is 0.839. The molecule has 2 amide bonds. The Labute approximate surface area is 122 Å². The van der Waals surface area contributed by atoms with Crippen LogP contribution in [0.5, 0.6) is 5.75 Å². The van der Waals surface area contributed by atoms with Crippen molar-refractivity contribution < 1.29 is 14.3 Å². The van der Waals surface area contributed by atoms with Gasteiger partial charge in [-0.3, -0.25) is 9.59 Å². The molecule has 0 atom stereocenters. The number of hydrogen-bond donors (Lipinski definition) is 2. The zero-order valence-corrected chi connectivity index (χ0v) is 11.4. The van der Waals surface area contributed by atoms with Crippen molar-refractivity contribution in [3.63, 3.8) is 0 Å². The van der Waals surface area contributed by atoms with Crippen LogP contribution >= 0.6 is 0 Å². The number of nitrogens with two attached hydrogens (primary N) is 1. The summed E-state index contributed by atoms with van der Waals surface area (Å²) in [5.74, 6) is -0.373. The predicted molar refractivity (Wildman–Crippen MR) is 79.6 cm³/mol. The fraction of sp³-hybridized carbons (Fsp3) is 0.125. The number of primary amides is 1. The summed E-state index contributed by atoms with van der Waals surface area (Å²) in [6.07, 6.45) is 0. The molecule has 108 valence electrons. The normalized spacial score (nSPS) is 9.90. The summed E-state index contributed by atoms with van der Waals surface area (Å²) in [7, 11) is 0. The number of carbonyl (C=O) groups is 2. The predicted octanol–water partition coefficient (Wildman–Crippen LogP) is 1.33. The SMILES string of the molecule is NC(=O)CNC(=O)COc1ccccc1-c1ccccc1. The van der Waals surface area contributed by atoms with Crippen LogP contribution in [0.25, 0.3) is 11.1 Å². The Morgan fingerprint density at radius 3 is 2.38 bits per heavy atom. The summed E-state index contributed by atoms with van der Waals surface area (Å²) >= 11 is 0. The molecule has 5 heteroatoms. The molecule has 21 heavy (non-hydrogen) atoms. The van der Waals surface area contributed by atoms with Crippen molar-refractivity contribution in [2.75, 3.05) is 13.2 Å². The van der Waals surface area contributed by atoms with Crippen LogP contribution in [0.1, 0.15) is 0 Å². The van der Waals surface area contributed by atoms with Gasteiger partial charge in [0, 0.05) is 5.56 Å². The average molecular weight is 284 g/mol. The van der Waals surface area contributed by atoms with Gasteiger partial charge in [-0.2, -0.15) is 0 Å². The van der Waals surface area contributed by atoms with E-state index in [1.807, 2.05) is 48.5 Å². The van der Waals surface area contributed by atoms with Crippen molar-refractivity contribution in [3.05, 3.63) is 54.6 Å². The Bertz CT molecular complexity index is 626. The summed E-state index contributed by atoms with van der Waals surface area (Å²) in [5.41, 5.74) is 6.86. The van der Waals surface area contributed by atoms with Crippen LogP contribution < -0.4 is 15.8 Å². The minimum atomic E-state index is -0.590. The number of ether oxygens (including phenoxy) is 1. The Hall–Kier alpha value is -2.82. The topological polar surface area (TPSA) is 81.4 Å². The van der Waals surface area contributed by atoms with Gasteiger partial charge in [-0.05, 0) is 11.6 Å². The monoisotopic (exact) mass is 284 g/mol. The van der Waals surface area contributed by atoms with E-state index < -0.39 is 11.8 Å². The maximum absolute atomic E-state index is 11.5. The highest BCUT2D eigenvalue weighted by atomic mass is 16.5. The van der Waals surface area contributed by atoms with E-state index in [1.54, 1.807) is 6.07 Å². The second-order valence-electron chi connectivity index (χ2n) is 4.39. The van der Waals surface area contributed by atoms with Crippen LogP contribution in [0.15, 0.2) is 54.6 Å². The zero-order chi connectivity index (χ0) is 15.1. The highest BCUT2D eigenvalue weighted by Gasteiger charge is 2.08. The lowest BCUT2D eigenvalue weighted by Gasteiger charge is -2.11. The average Bonchev–Trinajstić information content (AvgIpc) is 2.52. The standard InChI is InChI=1S/C16H16N2O3/c17-15(19)10-18-16(20)11-21-14-9-5-4-8-13(14)12-6-2-1-3-7-12/h1-9H,10-11H2,(H2,17,19)(H,18,20). The van der Waals surface area contributed by atoms with Crippen LogP contribution in [-0.4, -0.2) is 25.0 Å². The first kappa shape index (κ1) is 14.6. The van der Waals surface area contributed by atoms with E-state index in [4.69, 9.17) is 10.5 Å². The van der Waals surface area contributed by atoms with Crippen molar-refractivity contribution in [3.8, 4) is 16.9 Å². The Morgan fingerprint density at radius 1 is 1.00 bits per heavy atom. The lowest BCUT2D eigenvalue weighted by Crippen LogP contribution is -2.36. The number of hydrogen-bond acceptors (Lipinski definition) is 3. The molecule has 3 N–H and O–H groups in total. The fourth-order valence-corrected chi connectivity index (χ4v) is 1.83. The maximum atomic E-state index is 11.5.